The zero-order chi connectivity index (χ0) is 12.2. The lowest BCUT2D eigenvalue weighted by Gasteiger charge is -2.09. The summed E-state index contributed by atoms with van der Waals surface area (Å²) in [4.78, 5) is 10.7. The van der Waals surface area contributed by atoms with E-state index < -0.39 is 12.1 Å². The smallest absolute Gasteiger partial charge is 0.317 e. The van der Waals surface area contributed by atoms with Crippen LogP contribution in [0, 0.1) is 11.8 Å². The van der Waals surface area contributed by atoms with E-state index in [0.29, 0.717) is 5.56 Å². The first-order chi connectivity index (χ1) is 7.45. The van der Waals surface area contributed by atoms with Crippen LogP contribution in [-0.2, 0) is 4.79 Å². The number of nitrogens with one attached hydrogen (secondary N) is 1. The van der Waals surface area contributed by atoms with Crippen LogP contribution in [0.3, 0.4) is 0 Å². The summed E-state index contributed by atoms with van der Waals surface area (Å²) in [6.07, 6.45) is -4.90. The van der Waals surface area contributed by atoms with Crippen LogP contribution in [-0.4, -0.2) is 12.1 Å². The highest BCUT2D eigenvalue weighted by Crippen LogP contribution is 2.20. The first-order valence-electron chi connectivity index (χ1n) is 4.35. The lowest BCUT2D eigenvalue weighted by Crippen LogP contribution is -2.30. The molecule has 1 rings (SSSR count). The maximum absolute atomic E-state index is 12.0. The Bertz CT molecular complexity index is 454. The summed E-state index contributed by atoms with van der Waals surface area (Å²) < 4.78 is 36.0. The Morgan fingerprint density at radius 1 is 1.31 bits per heavy atom. The van der Waals surface area contributed by atoms with Crippen molar-refractivity contribution in [1.82, 2.24) is 0 Å². The Balaban J connectivity index is 2.96. The predicted octanol–water partition coefficient (Wildman–Crippen LogP) is 2.56. The molecule has 0 bridgehead atoms. The maximum atomic E-state index is 12.0. The molecular formula is C11H8F3NO. The van der Waals surface area contributed by atoms with E-state index in [1.165, 1.54) is 18.2 Å². The van der Waals surface area contributed by atoms with E-state index in [4.69, 9.17) is 0 Å². The molecule has 0 aliphatic carbocycles. The van der Waals surface area contributed by atoms with Crippen molar-refractivity contribution < 1.29 is 18.0 Å². The standard InChI is InChI=1S/C11H8F3NO/c1-2-5-8-6-3-4-7-9(8)15-10(16)11(12,13)14/h3-4,6-7H,1H3,(H,15,16). The normalized spacial score (nSPS) is 10.2. The molecule has 1 amide bonds. The van der Waals surface area contributed by atoms with Gasteiger partial charge in [-0.05, 0) is 19.1 Å². The van der Waals surface area contributed by atoms with Crippen molar-refractivity contribution >= 4 is 11.6 Å². The molecule has 0 saturated heterocycles. The number of para-hydroxylation sites is 1. The number of anilines is 1. The summed E-state index contributed by atoms with van der Waals surface area (Å²) in [7, 11) is 0. The van der Waals surface area contributed by atoms with Crippen LogP contribution in [0.2, 0.25) is 0 Å². The zero-order valence-electron chi connectivity index (χ0n) is 8.35. The third-order valence-electron chi connectivity index (χ3n) is 1.69. The van der Waals surface area contributed by atoms with Crippen molar-refractivity contribution in [3.8, 4) is 11.8 Å². The Labute approximate surface area is 90.5 Å². The van der Waals surface area contributed by atoms with E-state index in [2.05, 4.69) is 11.8 Å². The molecule has 0 saturated carbocycles. The second-order valence-electron chi connectivity index (χ2n) is 2.87. The molecule has 0 heterocycles. The Morgan fingerprint density at radius 3 is 2.50 bits per heavy atom. The number of rotatable bonds is 1. The highest BCUT2D eigenvalue weighted by Gasteiger charge is 2.38. The lowest BCUT2D eigenvalue weighted by atomic mass is 10.2. The fourth-order valence-electron chi connectivity index (χ4n) is 1.03. The van der Waals surface area contributed by atoms with Gasteiger partial charge in [0.2, 0.25) is 0 Å². The van der Waals surface area contributed by atoms with E-state index >= 15 is 0 Å². The first kappa shape index (κ1) is 12.1. The van der Waals surface area contributed by atoms with Gasteiger partial charge in [0.25, 0.3) is 0 Å². The van der Waals surface area contributed by atoms with Crippen molar-refractivity contribution in [2.75, 3.05) is 5.32 Å². The van der Waals surface area contributed by atoms with Gasteiger partial charge in [-0.1, -0.05) is 18.1 Å². The van der Waals surface area contributed by atoms with Crippen molar-refractivity contribution in [2.45, 2.75) is 13.1 Å². The third-order valence-corrected chi connectivity index (χ3v) is 1.69. The van der Waals surface area contributed by atoms with Crippen molar-refractivity contribution in [1.29, 1.82) is 0 Å². The van der Waals surface area contributed by atoms with Crippen molar-refractivity contribution in [2.24, 2.45) is 0 Å². The zero-order valence-corrected chi connectivity index (χ0v) is 8.35. The molecule has 84 valence electrons. The molecule has 5 heteroatoms. The number of alkyl halides is 3. The van der Waals surface area contributed by atoms with Gasteiger partial charge in [0.05, 0.1) is 5.69 Å². The second kappa shape index (κ2) is 4.71. The first-order valence-corrected chi connectivity index (χ1v) is 4.35. The van der Waals surface area contributed by atoms with Gasteiger partial charge in [0.15, 0.2) is 0 Å². The van der Waals surface area contributed by atoms with Crippen LogP contribution >= 0.6 is 0 Å². The fourth-order valence-corrected chi connectivity index (χ4v) is 1.03. The molecule has 1 aromatic rings. The van der Waals surface area contributed by atoms with Crippen LogP contribution in [0.15, 0.2) is 24.3 Å². The minimum atomic E-state index is -4.90. The number of carbonyl (C=O) groups excluding carboxylic acids is 1. The molecule has 0 aliphatic rings. The van der Waals surface area contributed by atoms with Gasteiger partial charge < -0.3 is 5.32 Å². The van der Waals surface area contributed by atoms with Gasteiger partial charge in [-0.15, -0.1) is 5.92 Å². The SMILES string of the molecule is CC#Cc1ccccc1NC(=O)C(F)(F)F. The number of halogens is 3. The predicted molar refractivity (Wildman–Crippen MR) is 53.7 cm³/mol. The van der Waals surface area contributed by atoms with Gasteiger partial charge in [0, 0.05) is 5.56 Å². The fraction of sp³-hybridized carbons (Fsp3) is 0.182. The minimum absolute atomic E-state index is 0.0548. The van der Waals surface area contributed by atoms with Gasteiger partial charge in [-0.2, -0.15) is 13.2 Å². The highest BCUT2D eigenvalue weighted by atomic mass is 19.4. The molecule has 0 radical (unpaired) electrons. The summed E-state index contributed by atoms with van der Waals surface area (Å²) >= 11 is 0. The number of benzene rings is 1. The monoisotopic (exact) mass is 227 g/mol. The van der Waals surface area contributed by atoms with E-state index in [1.807, 2.05) is 0 Å². The highest BCUT2D eigenvalue weighted by molar-refractivity contribution is 5.96. The summed E-state index contributed by atoms with van der Waals surface area (Å²) in [5, 5.41) is 1.77. The molecule has 0 unspecified atom stereocenters. The molecule has 1 N–H and O–H groups in total. The van der Waals surface area contributed by atoms with Gasteiger partial charge in [-0.25, -0.2) is 0 Å². The quantitative estimate of drug-likeness (QED) is 0.734. The Hall–Kier alpha value is -1.96. The number of amides is 1. The number of carbonyl (C=O) groups is 1. The molecule has 2 nitrogen and oxygen atoms in total. The van der Waals surface area contributed by atoms with Crippen LogP contribution < -0.4 is 5.32 Å². The van der Waals surface area contributed by atoms with Crippen LogP contribution in [0.25, 0.3) is 0 Å². The van der Waals surface area contributed by atoms with Crippen LogP contribution in [0.5, 0.6) is 0 Å². The Morgan fingerprint density at radius 2 is 1.94 bits per heavy atom. The molecule has 1 aromatic carbocycles. The molecule has 0 aromatic heterocycles. The van der Waals surface area contributed by atoms with Crippen molar-refractivity contribution in [3.05, 3.63) is 29.8 Å². The largest absolute Gasteiger partial charge is 0.471 e. The van der Waals surface area contributed by atoms with Crippen molar-refractivity contribution in [3.63, 3.8) is 0 Å². The molecule has 16 heavy (non-hydrogen) atoms. The summed E-state index contributed by atoms with van der Waals surface area (Å²) in [5.41, 5.74) is 0.404. The molecule has 0 spiro atoms. The van der Waals surface area contributed by atoms with Crippen LogP contribution in [0.4, 0.5) is 18.9 Å². The van der Waals surface area contributed by atoms with Gasteiger partial charge in [-0.3, -0.25) is 4.79 Å². The average Bonchev–Trinajstić information content (AvgIpc) is 2.20. The minimum Gasteiger partial charge on any atom is -0.317 e. The molecule has 0 aliphatic heterocycles. The van der Waals surface area contributed by atoms with E-state index in [9.17, 15) is 18.0 Å². The van der Waals surface area contributed by atoms with E-state index in [0.717, 1.165) is 0 Å². The molecule has 0 atom stereocenters. The number of hydrogen-bond donors (Lipinski definition) is 1. The van der Waals surface area contributed by atoms with E-state index in [-0.39, 0.29) is 5.69 Å². The molecule has 0 fully saturated rings. The van der Waals surface area contributed by atoms with Gasteiger partial charge >= 0.3 is 12.1 Å². The van der Waals surface area contributed by atoms with Gasteiger partial charge in [0.1, 0.15) is 0 Å². The third kappa shape index (κ3) is 3.02. The summed E-state index contributed by atoms with van der Waals surface area (Å²) in [5.74, 6) is 3.15. The van der Waals surface area contributed by atoms with Crippen LogP contribution in [0.1, 0.15) is 12.5 Å². The topological polar surface area (TPSA) is 29.1 Å². The average molecular weight is 227 g/mol. The van der Waals surface area contributed by atoms with E-state index in [1.54, 1.807) is 18.3 Å². The number of hydrogen-bond acceptors (Lipinski definition) is 1. The second-order valence-corrected chi connectivity index (χ2v) is 2.87. The maximum Gasteiger partial charge on any atom is 0.471 e. The molecular weight excluding hydrogens is 219 g/mol. The Kier molecular flexibility index (Phi) is 3.56. The summed E-state index contributed by atoms with van der Waals surface area (Å²) in [6, 6.07) is 6.04. The summed E-state index contributed by atoms with van der Waals surface area (Å²) in [6.45, 7) is 1.56. The lowest BCUT2D eigenvalue weighted by molar-refractivity contribution is -0.167.